The van der Waals surface area contributed by atoms with E-state index >= 15 is 0 Å². The molecule has 4 nitrogen and oxygen atoms in total. The first-order valence-corrected chi connectivity index (χ1v) is 7.95. The Morgan fingerprint density at radius 3 is 2.64 bits per heavy atom. The van der Waals surface area contributed by atoms with Gasteiger partial charge in [0.1, 0.15) is 6.61 Å². The van der Waals surface area contributed by atoms with E-state index < -0.39 is 0 Å². The van der Waals surface area contributed by atoms with E-state index in [-0.39, 0.29) is 24.4 Å². The zero-order valence-corrected chi connectivity index (χ0v) is 12.5. The molecule has 0 fully saturated rings. The molecule has 22 heavy (non-hydrogen) atoms. The summed E-state index contributed by atoms with van der Waals surface area (Å²) in [5.41, 5.74) is 2.10. The van der Waals surface area contributed by atoms with Crippen LogP contribution in [0, 0.1) is 0 Å². The fourth-order valence-corrected chi connectivity index (χ4v) is 3.90. The van der Waals surface area contributed by atoms with Crippen LogP contribution in [0.3, 0.4) is 0 Å². The van der Waals surface area contributed by atoms with Crippen molar-refractivity contribution < 1.29 is 14.3 Å². The minimum atomic E-state index is -0.304. The Morgan fingerprint density at radius 1 is 1.09 bits per heavy atom. The number of amides is 1. The number of carbonyl (C=O) groups excluding carboxylic acids is 2. The van der Waals surface area contributed by atoms with Crippen LogP contribution in [0.25, 0.3) is 0 Å². The summed E-state index contributed by atoms with van der Waals surface area (Å²) in [6, 6.07) is 13.3. The Balaban J connectivity index is 1.85. The molecule has 3 heterocycles. The third-order valence-corrected chi connectivity index (χ3v) is 5.00. The van der Waals surface area contributed by atoms with Crippen LogP contribution in [0.5, 0.6) is 0 Å². The normalized spacial score (nSPS) is 21.1. The molecule has 1 atom stereocenters. The highest BCUT2D eigenvalue weighted by Gasteiger charge is 2.43. The molecule has 2 aromatic rings. The zero-order chi connectivity index (χ0) is 15.1. The summed E-state index contributed by atoms with van der Waals surface area (Å²) >= 11 is 1.57. The highest BCUT2D eigenvalue weighted by Crippen LogP contribution is 2.42. The number of rotatable bonds is 2. The van der Waals surface area contributed by atoms with Crippen LogP contribution < -0.4 is 4.90 Å². The van der Waals surface area contributed by atoms with Crippen LogP contribution in [0.15, 0.2) is 59.1 Å². The van der Waals surface area contributed by atoms with Gasteiger partial charge in [-0.2, -0.15) is 0 Å². The molecule has 1 aromatic heterocycles. The Bertz CT molecular complexity index is 764. The number of benzene rings is 1. The quantitative estimate of drug-likeness (QED) is 0.801. The molecule has 1 amide bonds. The van der Waals surface area contributed by atoms with Crippen LogP contribution in [0.4, 0.5) is 5.69 Å². The number of anilines is 1. The average molecular weight is 311 g/mol. The highest BCUT2D eigenvalue weighted by atomic mass is 32.1. The number of nitrogens with zero attached hydrogens (tertiary/aromatic N) is 1. The predicted molar refractivity (Wildman–Crippen MR) is 83.6 cm³/mol. The molecule has 1 aromatic carbocycles. The number of hydrogen-bond donors (Lipinski definition) is 0. The fraction of sp³-hybridized carbons (Fsp3) is 0.176. The number of cyclic esters (lactones) is 1. The minimum absolute atomic E-state index is 0.00153. The van der Waals surface area contributed by atoms with Gasteiger partial charge >= 0.3 is 5.97 Å². The number of para-hydroxylation sites is 1. The maximum Gasteiger partial charge on any atom is 0.337 e. The van der Waals surface area contributed by atoms with Gasteiger partial charge in [0.25, 0.3) is 0 Å². The first-order chi connectivity index (χ1) is 10.8. The Morgan fingerprint density at radius 2 is 1.91 bits per heavy atom. The molecular weight excluding hydrogens is 298 g/mol. The smallest absolute Gasteiger partial charge is 0.337 e. The largest absolute Gasteiger partial charge is 0.456 e. The third-order valence-electron chi connectivity index (χ3n) is 4.02. The van der Waals surface area contributed by atoms with E-state index in [0.717, 1.165) is 10.6 Å². The van der Waals surface area contributed by atoms with Gasteiger partial charge < -0.3 is 4.74 Å². The van der Waals surface area contributed by atoms with Gasteiger partial charge in [-0.15, -0.1) is 11.3 Å². The third kappa shape index (κ3) is 1.97. The summed E-state index contributed by atoms with van der Waals surface area (Å²) < 4.78 is 5.23. The summed E-state index contributed by atoms with van der Waals surface area (Å²) in [6.07, 6.45) is 0.295. The molecule has 0 saturated heterocycles. The monoisotopic (exact) mass is 311 g/mol. The lowest BCUT2D eigenvalue weighted by atomic mass is 9.88. The first-order valence-electron chi connectivity index (χ1n) is 7.07. The number of ether oxygens (including phenoxy) is 1. The summed E-state index contributed by atoms with van der Waals surface area (Å²) in [7, 11) is 0. The van der Waals surface area contributed by atoms with Gasteiger partial charge in [0.2, 0.25) is 5.91 Å². The van der Waals surface area contributed by atoms with Crippen LogP contribution >= 0.6 is 11.3 Å². The molecule has 0 saturated carbocycles. The van der Waals surface area contributed by atoms with Crippen LogP contribution in [-0.4, -0.2) is 18.5 Å². The molecule has 4 rings (SSSR count). The Labute approximate surface area is 131 Å². The van der Waals surface area contributed by atoms with Crippen LogP contribution in [0.2, 0.25) is 0 Å². The molecule has 0 radical (unpaired) electrons. The highest BCUT2D eigenvalue weighted by molar-refractivity contribution is 7.10. The van der Waals surface area contributed by atoms with Gasteiger partial charge in [-0.3, -0.25) is 9.69 Å². The maximum atomic E-state index is 12.7. The summed E-state index contributed by atoms with van der Waals surface area (Å²) in [5, 5.41) is 1.96. The van der Waals surface area contributed by atoms with Crippen molar-refractivity contribution in [3.05, 3.63) is 64.0 Å². The Kier molecular flexibility index (Phi) is 3.08. The minimum Gasteiger partial charge on any atom is -0.456 e. The number of hydrogen-bond acceptors (Lipinski definition) is 4. The molecule has 0 bridgehead atoms. The van der Waals surface area contributed by atoms with Gasteiger partial charge in [0, 0.05) is 22.9 Å². The van der Waals surface area contributed by atoms with Crippen molar-refractivity contribution in [3.8, 4) is 0 Å². The number of carbonyl (C=O) groups is 2. The molecule has 0 aliphatic carbocycles. The predicted octanol–water partition coefficient (Wildman–Crippen LogP) is 3.08. The molecule has 5 heteroatoms. The van der Waals surface area contributed by atoms with Crippen molar-refractivity contribution in [1.29, 1.82) is 0 Å². The molecule has 2 aliphatic heterocycles. The first kappa shape index (κ1) is 13.3. The molecule has 0 N–H and O–H groups in total. The standard InChI is InChI=1S/C17H13NO3S/c19-15-9-12(14-7-4-8-22-14)16-13(10-21-17(16)20)18(15)11-5-2-1-3-6-11/h1-8,12H,9-10H2. The summed E-state index contributed by atoms with van der Waals surface area (Å²) in [4.78, 5) is 27.5. The fourth-order valence-electron chi connectivity index (χ4n) is 3.06. The van der Waals surface area contributed by atoms with E-state index in [9.17, 15) is 9.59 Å². The van der Waals surface area contributed by atoms with Gasteiger partial charge in [0.05, 0.1) is 11.3 Å². The van der Waals surface area contributed by atoms with Crippen molar-refractivity contribution >= 4 is 28.9 Å². The van der Waals surface area contributed by atoms with E-state index in [0.29, 0.717) is 17.7 Å². The molecule has 110 valence electrons. The van der Waals surface area contributed by atoms with Crippen molar-refractivity contribution in [2.75, 3.05) is 11.5 Å². The summed E-state index contributed by atoms with van der Waals surface area (Å²) in [5.74, 6) is -0.485. The van der Waals surface area contributed by atoms with E-state index in [2.05, 4.69) is 0 Å². The van der Waals surface area contributed by atoms with E-state index in [1.807, 2.05) is 47.8 Å². The SMILES string of the molecule is O=C1OCC2=C1C(c1cccs1)CC(=O)N2c1ccccc1. The van der Waals surface area contributed by atoms with Gasteiger partial charge in [-0.05, 0) is 23.6 Å². The van der Waals surface area contributed by atoms with Crippen molar-refractivity contribution in [2.24, 2.45) is 0 Å². The lowest BCUT2D eigenvalue weighted by Gasteiger charge is -2.31. The van der Waals surface area contributed by atoms with Crippen LogP contribution in [0.1, 0.15) is 17.2 Å². The molecule has 1 unspecified atom stereocenters. The molecule has 0 spiro atoms. The average Bonchev–Trinajstić information content (AvgIpc) is 3.18. The second kappa shape index (κ2) is 5.10. The summed E-state index contributed by atoms with van der Waals surface area (Å²) in [6.45, 7) is 0.163. The zero-order valence-electron chi connectivity index (χ0n) is 11.7. The van der Waals surface area contributed by atoms with Crippen molar-refractivity contribution in [1.82, 2.24) is 0 Å². The lowest BCUT2D eigenvalue weighted by Crippen LogP contribution is -2.37. The topological polar surface area (TPSA) is 46.6 Å². The van der Waals surface area contributed by atoms with Crippen LogP contribution in [-0.2, 0) is 14.3 Å². The molecule has 2 aliphatic rings. The lowest BCUT2D eigenvalue weighted by molar-refractivity contribution is -0.136. The van der Waals surface area contributed by atoms with Crippen molar-refractivity contribution in [2.45, 2.75) is 12.3 Å². The second-order valence-corrected chi connectivity index (χ2v) is 6.25. The Hall–Kier alpha value is -2.40. The van der Waals surface area contributed by atoms with Gasteiger partial charge in [-0.1, -0.05) is 24.3 Å². The van der Waals surface area contributed by atoms with E-state index in [1.54, 1.807) is 16.2 Å². The molecular formula is C17H13NO3S. The van der Waals surface area contributed by atoms with Gasteiger partial charge in [0.15, 0.2) is 0 Å². The van der Waals surface area contributed by atoms with Crippen molar-refractivity contribution in [3.63, 3.8) is 0 Å². The number of thiophene rings is 1. The second-order valence-electron chi connectivity index (χ2n) is 5.27. The van der Waals surface area contributed by atoms with E-state index in [4.69, 9.17) is 4.74 Å². The van der Waals surface area contributed by atoms with Gasteiger partial charge in [-0.25, -0.2) is 4.79 Å². The van der Waals surface area contributed by atoms with E-state index in [1.165, 1.54) is 0 Å². The maximum absolute atomic E-state index is 12.7. The number of esters is 1.